The highest BCUT2D eigenvalue weighted by Crippen LogP contribution is 2.37. The lowest BCUT2D eigenvalue weighted by Crippen LogP contribution is -2.16. The van der Waals surface area contributed by atoms with Gasteiger partial charge in [0.05, 0.1) is 13.7 Å². The number of amides is 1. The van der Waals surface area contributed by atoms with E-state index in [-0.39, 0.29) is 1.43 Å². The highest BCUT2D eigenvalue weighted by Gasteiger charge is 2.15. The molecule has 0 radical (unpaired) electrons. The summed E-state index contributed by atoms with van der Waals surface area (Å²) < 4.78 is 15.7. The van der Waals surface area contributed by atoms with Crippen LogP contribution in [0.15, 0.2) is 30.3 Å². The predicted octanol–water partition coefficient (Wildman–Crippen LogP) is 3.83. The van der Waals surface area contributed by atoms with Gasteiger partial charge in [-0.25, -0.2) is 4.79 Å². The molecule has 5 heteroatoms. The number of rotatable bonds is 5. The van der Waals surface area contributed by atoms with E-state index in [1.165, 1.54) is 11.1 Å². The zero-order valence-electron chi connectivity index (χ0n) is 13.8. The van der Waals surface area contributed by atoms with E-state index in [9.17, 15) is 4.79 Å². The zero-order valence-corrected chi connectivity index (χ0v) is 13.8. The van der Waals surface area contributed by atoms with Crippen LogP contribution in [0.2, 0.25) is 0 Å². The van der Waals surface area contributed by atoms with Crippen LogP contribution < -0.4 is 15.2 Å². The van der Waals surface area contributed by atoms with Gasteiger partial charge in [-0.15, -0.1) is 0 Å². The lowest BCUT2D eigenvalue weighted by atomic mass is 9.93. The molecule has 2 N–H and O–H groups in total. The molecule has 23 heavy (non-hydrogen) atoms. The van der Waals surface area contributed by atoms with E-state index in [4.69, 9.17) is 19.9 Å². The molecule has 5 nitrogen and oxygen atoms in total. The first-order valence-electron chi connectivity index (χ1n) is 7.21. The van der Waals surface area contributed by atoms with Gasteiger partial charge in [0.2, 0.25) is 0 Å². The third-order valence-corrected chi connectivity index (χ3v) is 3.84. The molecule has 2 aromatic rings. The minimum Gasteiger partial charge on any atom is -0.496 e. The summed E-state index contributed by atoms with van der Waals surface area (Å²) in [6.45, 7) is 4.65. The number of ether oxygens (including phenoxy) is 3. The lowest BCUT2D eigenvalue weighted by molar-refractivity contribution is 0.184. The van der Waals surface area contributed by atoms with Gasteiger partial charge in [0, 0.05) is 20.2 Å². The molecular weight excluding hydrogens is 294 g/mol. The van der Waals surface area contributed by atoms with Crippen LogP contribution in [-0.2, 0) is 11.3 Å². The van der Waals surface area contributed by atoms with Gasteiger partial charge in [-0.1, -0.05) is 12.1 Å². The smallest absolute Gasteiger partial charge is 0.409 e. The number of benzene rings is 2. The maximum atomic E-state index is 10.9. The van der Waals surface area contributed by atoms with Crippen LogP contribution in [0.5, 0.6) is 11.5 Å². The Balaban J connectivity index is 0.00000288. The minimum atomic E-state index is -0.856. The summed E-state index contributed by atoms with van der Waals surface area (Å²) in [6.07, 6.45) is -0.856. The van der Waals surface area contributed by atoms with Gasteiger partial charge in [-0.2, -0.15) is 0 Å². The molecule has 0 saturated heterocycles. The molecule has 0 atom stereocenters. The van der Waals surface area contributed by atoms with Crippen LogP contribution in [0.4, 0.5) is 4.79 Å². The summed E-state index contributed by atoms with van der Waals surface area (Å²) in [7, 11) is 3.25. The standard InChI is InChI=1S/C18H21NO4.H2/c1-11-5-7-14(16(10-21-3)12(11)2)15-8-6-13(23-18(19)20)9-17(15)22-4;/h5-9H,10H2,1-4H3,(H2,19,20);1H. The number of hydrogen-bond acceptors (Lipinski definition) is 4. The normalized spacial score (nSPS) is 10.4. The SMILES string of the molecule is COCc1c(-c2ccc(OC(N)=O)cc2OC)ccc(C)c1C.[HH]. The first-order valence-corrected chi connectivity index (χ1v) is 7.21. The van der Waals surface area contributed by atoms with E-state index in [1.807, 2.05) is 12.1 Å². The van der Waals surface area contributed by atoms with Crippen molar-refractivity contribution in [3.63, 3.8) is 0 Å². The Morgan fingerprint density at radius 1 is 1.13 bits per heavy atom. The van der Waals surface area contributed by atoms with E-state index in [0.29, 0.717) is 18.1 Å². The van der Waals surface area contributed by atoms with Crippen LogP contribution in [0.25, 0.3) is 11.1 Å². The zero-order chi connectivity index (χ0) is 17.0. The molecule has 0 spiro atoms. The van der Waals surface area contributed by atoms with Crippen LogP contribution in [-0.4, -0.2) is 20.3 Å². The minimum absolute atomic E-state index is 0. The van der Waals surface area contributed by atoms with Gasteiger partial charge in [-0.3, -0.25) is 0 Å². The highest BCUT2D eigenvalue weighted by atomic mass is 16.5. The van der Waals surface area contributed by atoms with E-state index >= 15 is 0 Å². The maximum Gasteiger partial charge on any atom is 0.409 e. The number of primary amides is 1. The second-order valence-corrected chi connectivity index (χ2v) is 5.25. The van der Waals surface area contributed by atoms with Crippen molar-refractivity contribution in [1.29, 1.82) is 0 Å². The fourth-order valence-electron chi connectivity index (χ4n) is 2.53. The van der Waals surface area contributed by atoms with Crippen molar-refractivity contribution in [2.75, 3.05) is 14.2 Å². The fraction of sp³-hybridized carbons (Fsp3) is 0.278. The maximum absolute atomic E-state index is 10.9. The Hall–Kier alpha value is -2.53. The Morgan fingerprint density at radius 2 is 1.83 bits per heavy atom. The molecular formula is C18H23NO4. The first kappa shape index (κ1) is 16.8. The number of nitrogens with two attached hydrogens (primary N) is 1. The predicted molar refractivity (Wildman–Crippen MR) is 90.9 cm³/mol. The third kappa shape index (κ3) is 3.63. The number of carbonyl (C=O) groups is 1. The van der Waals surface area contributed by atoms with Gasteiger partial charge in [0.25, 0.3) is 0 Å². The van der Waals surface area contributed by atoms with Gasteiger partial charge in [-0.05, 0) is 48.2 Å². The Morgan fingerprint density at radius 3 is 2.43 bits per heavy atom. The van der Waals surface area contributed by atoms with Crippen LogP contribution in [0, 0.1) is 13.8 Å². The van der Waals surface area contributed by atoms with Gasteiger partial charge >= 0.3 is 6.09 Å². The molecule has 0 aliphatic carbocycles. The van der Waals surface area contributed by atoms with Crippen molar-refractivity contribution in [3.05, 3.63) is 47.0 Å². The van der Waals surface area contributed by atoms with Crippen molar-refractivity contribution in [2.45, 2.75) is 20.5 Å². The summed E-state index contributed by atoms with van der Waals surface area (Å²) >= 11 is 0. The molecule has 0 aromatic heterocycles. The molecule has 0 aliphatic rings. The Bertz CT molecular complexity index is 731. The van der Waals surface area contributed by atoms with E-state index < -0.39 is 6.09 Å². The molecule has 0 bridgehead atoms. The topological polar surface area (TPSA) is 70.8 Å². The van der Waals surface area contributed by atoms with Gasteiger partial charge < -0.3 is 19.9 Å². The highest BCUT2D eigenvalue weighted by molar-refractivity contribution is 5.76. The van der Waals surface area contributed by atoms with Crippen molar-refractivity contribution < 1.29 is 20.4 Å². The summed E-state index contributed by atoms with van der Waals surface area (Å²) in [6, 6.07) is 9.29. The first-order chi connectivity index (χ1) is 11.0. The Kier molecular flexibility index (Phi) is 5.24. The van der Waals surface area contributed by atoms with E-state index in [0.717, 1.165) is 16.7 Å². The van der Waals surface area contributed by atoms with Crippen molar-refractivity contribution in [2.24, 2.45) is 5.73 Å². The summed E-state index contributed by atoms with van der Waals surface area (Å²) in [5, 5.41) is 0. The number of carbonyl (C=O) groups excluding carboxylic acids is 1. The van der Waals surface area contributed by atoms with Crippen LogP contribution >= 0.6 is 0 Å². The lowest BCUT2D eigenvalue weighted by Gasteiger charge is -2.17. The molecule has 0 unspecified atom stereocenters. The average molecular weight is 317 g/mol. The van der Waals surface area contributed by atoms with E-state index in [1.54, 1.807) is 26.4 Å². The molecule has 0 heterocycles. The number of hydrogen-bond donors (Lipinski definition) is 1. The third-order valence-electron chi connectivity index (χ3n) is 3.84. The second kappa shape index (κ2) is 7.15. The van der Waals surface area contributed by atoms with Crippen molar-refractivity contribution >= 4 is 6.09 Å². The van der Waals surface area contributed by atoms with Gasteiger partial charge in [0.15, 0.2) is 0 Å². The molecule has 124 valence electrons. The Labute approximate surface area is 137 Å². The second-order valence-electron chi connectivity index (χ2n) is 5.25. The summed E-state index contributed by atoms with van der Waals surface area (Å²) in [4.78, 5) is 10.9. The van der Waals surface area contributed by atoms with Crippen molar-refractivity contribution in [3.8, 4) is 22.6 Å². The summed E-state index contributed by atoms with van der Waals surface area (Å²) in [5.41, 5.74) is 10.5. The molecule has 0 saturated carbocycles. The molecule has 2 aromatic carbocycles. The largest absolute Gasteiger partial charge is 0.496 e. The monoisotopic (exact) mass is 317 g/mol. The van der Waals surface area contributed by atoms with Crippen LogP contribution in [0.1, 0.15) is 18.1 Å². The molecule has 0 aliphatic heterocycles. The number of aryl methyl sites for hydroxylation is 1. The molecule has 0 fully saturated rings. The number of methoxy groups -OCH3 is 2. The van der Waals surface area contributed by atoms with E-state index in [2.05, 4.69) is 19.9 Å². The quantitative estimate of drug-likeness (QED) is 0.910. The van der Waals surface area contributed by atoms with Crippen LogP contribution in [0.3, 0.4) is 0 Å². The average Bonchev–Trinajstić information content (AvgIpc) is 2.52. The fourth-order valence-corrected chi connectivity index (χ4v) is 2.53. The molecule has 2 rings (SSSR count). The summed E-state index contributed by atoms with van der Waals surface area (Å²) in [5.74, 6) is 0.944. The molecule has 1 amide bonds. The van der Waals surface area contributed by atoms with Gasteiger partial charge in [0.1, 0.15) is 11.5 Å². The van der Waals surface area contributed by atoms with Crippen molar-refractivity contribution in [1.82, 2.24) is 0 Å².